The Morgan fingerprint density at radius 3 is 2.91 bits per heavy atom. The number of nitrogens with zero attached hydrogens (tertiary/aromatic N) is 3. The SMILES string of the molecule is COCC1CCC(NC(=O)c2ccnc(-c3cncs3)n2)CC1. The van der Waals surface area contributed by atoms with Crippen molar-refractivity contribution in [1.82, 2.24) is 20.3 Å². The maximum atomic E-state index is 12.4. The molecule has 1 fully saturated rings. The molecular formula is C16H20N4O2S. The van der Waals surface area contributed by atoms with Gasteiger partial charge >= 0.3 is 0 Å². The lowest BCUT2D eigenvalue weighted by molar-refractivity contribution is 0.0893. The van der Waals surface area contributed by atoms with Crippen LogP contribution in [0.5, 0.6) is 0 Å². The standard InChI is InChI=1S/C16H20N4O2S/c1-22-9-11-2-4-12(5-3-11)19-16(21)13-6-7-18-15(20-13)14-8-17-10-23-14/h6-8,10-12H,2-5,9H2,1H3,(H,19,21). The normalized spacial score (nSPS) is 21.1. The molecule has 0 bridgehead atoms. The summed E-state index contributed by atoms with van der Waals surface area (Å²) >= 11 is 1.46. The molecule has 0 saturated heterocycles. The highest BCUT2D eigenvalue weighted by Crippen LogP contribution is 2.24. The number of nitrogens with one attached hydrogen (secondary N) is 1. The minimum Gasteiger partial charge on any atom is -0.384 e. The van der Waals surface area contributed by atoms with Gasteiger partial charge in [0.2, 0.25) is 0 Å². The number of aromatic nitrogens is 3. The van der Waals surface area contributed by atoms with Gasteiger partial charge in [-0.1, -0.05) is 0 Å². The van der Waals surface area contributed by atoms with Crippen LogP contribution in [0, 0.1) is 5.92 Å². The highest BCUT2D eigenvalue weighted by atomic mass is 32.1. The maximum Gasteiger partial charge on any atom is 0.270 e. The zero-order chi connectivity index (χ0) is 16.1. The predicted octanol–water partition coefficient (Wildman–Crippen LogP) is 2.54. The molecule has 0 radical (unpaired) electrons. The van der Waals surface area contributed by atoms with Crippen molar-refractivity contribution in [1.29, 1.82) is 0 Å². The molecule has 3 rings (SSSR count). The van der Waals surface area contributed by atoms with E-state index in [9.17, 15) is 4.79 Å². The van der Waals surface area contributed by atoms with Crippen LogP contribution in [-0.4, -0.2) is 40.6 Å². The summed E-state index contributed by atoms with van der Waals surface area (Å²) < 4.78 is 5.21. The van der Waals surface area contributed by atoms with E-state index in [1.807, 2.05) is 0 Å². The van der Waals surface area contributed by atoms with E-state index in [0.717, 1.165) is 37.2 Å². The summed E-state index contributed by atoms with van der Waals surface area (Å²) in [5, 5.41) is 3.09. The van der Waals surface area contributed by atoms with Gasteiger partial charge in [0.1, 0.15) is 5.69 Å². The lowest BCUT2D eigenvalue weighted by Crippen LogP contribution is -2.38. The van der Waals surface area contributed by atoms with Crippen LogP contribution in [0.2, 0.25) is 0 Å². The molecule has 23 heavy (non-hydrogen) atoms. The zero-order valence-electron chi connectivity index (χ0n) is 13.1. The van der Waals surface area contributed by atoms with Crippen LogP contribution in [0.1, 0.15) is 36.2 Å². The van der Waals surface area contributed by atoms with Crippen molar-refractivity contribution in [2.75, 3.05) is 13.7 Å². The molecule has 2 aromatic rings. The molecule has 2 aromatic heterocycles. The van der Waals surface area contributed by atoms with Crippen molar-refractivity contribution >= 4 is 17.2 Å². The number of hydrogen-bond donors (Lipinski definition) is 1. The zero-order valence-corrected chi connectivity index (χ0v) is 13.9. The average Bonchev–Trinajstić information content (AvgIpc) is 3.12. The van der Waals surface area contributed by atoms with Crippen LogP contribution in [-0.2, 0) is 4.74 Å². The molecule has 0 spiro atoms. The first-order valence-corrected chi connectivity index (χ1v) is 8.66. The summed E-state index contributed by atoms with van der Waals surface area (Å²) in [4.78, 5) is 25.8. The second-order valence-electron chi connectivity index (χ2n) is 5.78. The van der Waals surface area contributed by atoms with E-state index in [4.69, 9.17) is 4.74 Å². The number of carbonyl (C=O) groups is 1. The quantitative estimate of drug-likeness (QED) is 0.910. The van der Waals surface area contributed by atoms with E-state index in [1.54, 1.807) is 31.1 Å². The molecule has 1 N–H and O–H groups in total. The summed E-state index contributed by atoms with van der Waals surface area (Å²) in [5.74, 6) is 1.03. The number of amides is 1. The molecule has 1 aliphatic rings. The van der Waals surface area contributed by atoms with Gasteiger partial charge in [0.25, 0.3) is 5.91 Å². The lowest BCUT2D eigenvalue weighted by atomic mass is 9.86. The number of rotatable bonds is 5. The van der Waals surface area contributed by atoms with Crippen molar-refractivity contribution in [2.45, 2.75) is 31.7 Å². The summed E-state index contributed by atoms with van der Waals surface area (Å²) in [7, 11) is 1.74. The second kappa shape index (κ2) is 7.61. The fourth-order valence-electron chi connectivity index (χ4n) is 2.90. The fourth-order valence-corrected chi connectivity index (χ4v) is 3.46. The Bertz CT molecular complexity index is 639. The van der Waals surface area contributed by atoms with E-state index in [1.165, 1.54) is 11.3 Å². The van der Waals surface area contributed by atoms with Crippen LogP contribution in [0.25, 0.3) is 10.7 Å². The first kappa shape index (κ1) is 16.0. The summed E-state index contributed by atoms with van der Waals surface area (Å²) in [5.41, 5.74) is 2.13. The highest BCUT2D eigenvalue weighted by Gasteiger charge is 2.23. The van der Waals surface area contributed by atoms with Gasteiger partial charge in [0, 0.05) is 32.2 Å². The Kier molecular flexibility index (Phi) is 5.30. The molecular weight excluding hydrogens is 312 g/mol. The molecule has 1 saturated carbocycles. The molecule has 0 atom stereocenters. The van der Waals surface area contributed by atoms with Crippen LogP contribution in [0.3, 0.4) is 0 Å². The van der Waals surface area contributed by atoms with E-state index in [-0.39, 0.29) is 11.9 Å². The van der Waals surface area contributed by atoms with Crippen molar-refractivity contribution in [3.05, 3.63) is 29.7 Å². The number of carbonyl (C=O) groups excluding carboxylic acids is 1. The van der Waals surface area contributed by atoms with Gasteiger partial charge in [-0.3, -0.25) is 9.78 Å². The van der Waals surface area contributed by atoms with Gasteiger partial charge in [0.15, 0.2) is 5.82 Å². The van der Waals surface area contributed by atoms with Crippen molar-refractivity contribution in [3.8, 4) is 10.7 Å². The third-order valence-electron chi connectivity index (χ3n) is 4.13. The highest BCUT2D eigenvalue weighted by molar-refractivity contribution is 7.13. The number of methoxy groups -OCH3 is 1. The smallest absolute Gasteiger partial charge is 0.270 e. The fraction of sp³-hybridized carbons (Fsp3) is 0.500. The second-order valence-corrected chi connectivity index (χ2v) is 6.66. The molecule has 0 aromatic carbocycles. The minimum absolute atomic E-state index is 0.131. The van der Waals surface area contributed by atoms with Crippen LogP contribution < -0.4 is 5.32 Å². The average molecular weight is 332 g/mol. The Labute approximate surface area is 139 Å². The molecule has 0 aliphatic heterocycles. The summed E-state index contributed by atoms with van der Waals surface area (Å²) in [6, 6.07) is 1.87. The summed E-state index contributed by atoms with van der Waals surface area (Å²) in [6.07, 6.45) is 7.49. The third kappa shape index (κ3) is 4.11. The molecule has 1 amide bonds. The van der Waals surface area contributed by atoms with E-state index >= 15 is 0 Å². The topological polar surface area (TPSA) is 77.0 Å². The van der Waals surface area contributed by atoms with Crippen LogP contribution in [0.15, 0.2) is 24.0 Å². The van der Waals surface area contributed by atoms with E-state index in [2.05, 4.69) is 20.3 Å². The molecule has 6 nitrogen and oxygen atoms in total. The van der Waals surface area contributed by atoms with Gasteiger partial charge in [-0.25, -0.2) is 9.97 Å². The molecule has 0 unspecified atom stereocenters. The number of thiazole rings is 1. The Hall–Kier alpha value is -1.86. The predicted molar refractivity (Wildman–Crippen MR) is 88.2 cm³/mol. The van der Waals surface area contributed by atoms with Crippen molar-refractivity contribution in [3.63, 3.8) is 0 Å². The number of ether oxygens (including phenoxy) is 1. The first-order valence-electron chi connectivity index (χ1n) is 7.78. The van der Waals surface area contributed by atoms with Gasteiger partial charge in [-0.2, -0.15) is 0 Å². The number of hydrogen-bond acceptors (Lipinski definition) is 6. The molecule has 122 valence electrons. The molecule has 2 heterocycles. The van der Waals surface area contributed by atoms with Gasteiger partial charge < -0.3 is 10.1 Å². The van der Waals surface area contributed by atoms with Gasteiger partial charge in [-0.05, 0) is 37.7 Å². The van der Waals surface area contributed by atoms with E-state index in [0.29, 0.717) is 17.4 Å². The molecule has 1 aliphatic carbocycles. The molecule has 7 heteroatoms. The first-order chi connectivity index (χ1) is 11.3. The Morgan fingerprint density at radius 2 is 2.22 bits per heavy atom. The van der Waals surface area contributed by atoms with Crippen LogP contribution >= 0.6 is 11.3 Å². The van der Waals surface area contributed by atoms with Crippen molar-refractivity contribution < 1.29 is 9.53 Å². The lowest BCUT2D eigenvalue weighted by Gasteiger charge is -2.28. The van der Waals surface area contributed by atoms with Crippen LogP contribution in [0.4, 0.5) is 0 Å². The Morgan fingerprint density at radius 1 is 1.39 bits per heavy atom. The minimum atomic E-state index is -0.131. The Balaban J connectivity index is 1.60. The van der Waals surface area contributed by atoms with Crippen molar-refractivity contribution in [2.24, 2.45) is 5.92 Å². The maximum absolute atomic E-state index is 12.4. The monoisotopic (exact) mass is 332 g/mol. The van der Waals surface area contributed by atoms with Gasteiger partial charge in [0.05, 0.1) is 10.4 Å². The summed E-state index contributed by atoms with van der Waals surface area (Å²) in [6.45, 7) is 0.810. The van der Waals surface area contributed by atoms with E-state index < -0.39 is 0 Å². The van der Waals surface area contributed by atoms with Gasteiger partial charge in [-0.15, -0.1) is 11.3 Å². The third-order valence-corrected chi connectivity index (χ3v) is 4.89. The largest absolute Gasteiger partial charge is 0.384 e.